The molecular weight excluding hydrogens is 617 g/mol. The van der Waals surface area contributed by atoms with Crippen LogP contribution >= 0.6 is 0 Å². The fourth-order valence-electron chi connectivity index (χ4n) is 4.36. The van der Waals surface area contributed by atoms with E-state index >= 15 is 0 Å². The van der Waals surface area contributed by atoms with Gasteiger partial charge in [0.1, 0.15) is 10.1 Å². The van der Waals surface area contributed by atoms with Gasteiger partial charge < -0.3 is 14.8 Å². The summed E-state index contributed by atoms with van der Waals surface area (Å²) in [7, 11) is -8.10. The molecule has 1 aliphatic rings. The van der Waals surface area contributed by atoms with Crippen LogP contribution in [0.15, 0.2) is 88.4 Å². The van der Waals surface area contributed by atoms with Gasteiger partial charge >= 0.3 is 29.6 Å². The van der Waals surface area contributed by atoms with Crippen molar-refractivity contribution in [3.63, 3.8) is 0 Å². The summed E-state index contributed by atoms with van der Waals surface area (Å²) in [6, 6.07) is 18.9. The topological polar surface area (TPSA) is 168 Å². The second-order valence-corrected chi connectivity index (χ2v) is 12.9. The van der Waals surface area contributed by atoms with Crippen LogP contribution in [0.1, 0.15) is 28.4 Å². The summed E-state index contributed by atoms with van der Waals surface area (Å²) in [6.45, 7) is 5.13. The second kappa shape index (κ2) is 14.6. The number of hydrogen-bond acceptors (Lipinski definition) is 9. The smallest absolute Gasteiger partial charge is 0.744 e. The molecule has 1 heterocycles. The van der Waals surface area contributed by atoms with E-state index in [1.807, 2.05) is 36.9 Å². The third kappa shape index (κ3) is 8.85. The molecule has 3 aromatic carbocycles. The molecule has 2 amide bonds. The van der Waals surface area contributed by atoms with Gasteiger partial charge in [0.05, 0.1) is 22.4 Å². The van der Waals surface area contributed by atoms with Crippen molar-refractivity contribution in [2.24, 2.45) is 5.10 Å². The first-order valence-electron chi connectivity index (χ1n) is 13.1. The number of amides is 2. The molecule has 0 saturated carbocycles. The molecule has 0 bridgehead atoms. The van der Waals surface area contributed by atoms with Gasteiger partial charge in [0, 0.05) is 30.9 Å². The van der Waals surface area contributed by atoms with E-state index in [1.54, 1.807) is 36.4 Å². The van der Waals surface area contributed by atoms with E-state index in [9.17, 15) is 31.0 Å². The molecule has 3 aromatic rings. The normalized spacial score (nSPS) is 14.3. The molecule has 226 valence electrons. The van der Waals surface area contributed by atoms with Gasteiger partial charge in [-0.25, -0.2) is 21.6 Å². The maximum atomic E-state index is 13.6. The standard InChI is InChI=1S/C29H31N5O7S2.Na/c1-4-33(16-15-30-42(3,37)38)24-14-13-21(20(2)17-24)19-26-27(32-34(29(26)36)23-10-6-5-7-11-23)31-28(35)22-9-8-12-25(18-22)43(39,40)41;/h5-14,17-19,30H,4,15-16H2,1-3H3,(H,31,32,35)(H,39,40,41);/q;+1/p-1/b26-19-;. The summed E-state index contributed by atoms with van der Waals surface area (Å²) in [6.07, 6.45) is 2.70. The van der Waals surface area contributed by atoms with Gasteiger partial charge in [-0.1, -0.05) is 30.3 Å². The zero-order chi connectivity index (χ0) is 31.4. The molecule has 4 rings (SSSR count). The van der Waals surface area contributed by atoms with E-state index in [4.69, 9.17) is 0 Å². The Morgan fingerprint density at radius 3 is 2.34 bits per heavy atom. The summed E-state index contributed by atoms with van der Waals surface area (Å²) in [5.41, 5.74) is 2.80. The summed E-state index contributed by atoms with van der Waals surface area (Å²) in [5, 5.41) is 8.09. The first-order valence-corrected chi connectivity index (χ1v) is 16.4. The maximum Gasteiger partial charge on any atom is 1.00 e. The number of benzene rings is 3. The van der Waals surface area contributed by atoms with Gasteiger partial charge in [0.2, 0.25) is 10.0 Å². The predicted molar refractivity (Wildman–Crippen MR) is 163 cm³/mol. The quantitative estimate of drug-likeness (QED) is 0.168. The van der Waals surface area contributed by atoms with Crippen LogP contribution in [0.2, 0.25) is 0 Å². The summed E-state index contributed by atoms with van der Waals surface area (Å²) >= 11 is 0. The SMILES string of the molecule is CCN(CCNS(C)(=O)=O)c1ccc(/C=C2\C(=O)N(c3ccccc3)N=C2NC(=O)c2cccc(S(=O)(=O)[O-])c2)c(C)c1.[Na+]. The third-order valence-corrected chi connectivity index (χ3v) is 8.10. The van der Waals surface area contributed by atoms with E-state index in [0.717, 1.165) is 34.6 Å². The summed E-state index contributed by atoms with van der Waals surface area (Å²) < 4.78 is 59.7. The Hall–Kier alpha value is -3.37. The molecule has 0 saturated heterocycles. The second-order valence-electron chi connectivity index (χ2n) is 9.68. The average molecular weight is 648 g/mol. The van der Waals surface area contributed by atoms with Crippen molar-refractivity contribution < 1.29 is 60.5 Å². The summed E-state index contributed by atoms with van der Waals surface area (Å²) in [5.74, 6) is -1.31. The van der Waals surface area contributed by atoms with Crippen LogP contribution in [0.3, 0.4) is 0 Å². The van der Waals surface area contributed by atoms with Gasteiger partial charge in [-0.2, -0.15) is 5.01 Å². The van der Waals surface area contributed by atoms with Crippen molar-refractivity contribution in [1.29, 1.82) is 0 Å². The van der Waals surface area contributed by atoms with Crippen LogP contribution < -0.4 is 49.5 Å². The van der Waals surface area contributed by atoms with Crippen molar-refractivity contribution in [3.8, 4) is 0 Å². The minimum Gasteiger partial charge on any atom is -0.744 e. The van der Waals surface area contributed by atoms with E-state index in [0.29, 0.717) is 24.3 Å². The van der Waals surface area contributed by atoms with Crippen LogP contribution in [-0.2, 0) is 24.9 Å². The molecule has 0 atom stereocenters. The number of nitrogens with one attached hydrogen (secondary N) is 2. The Morgan fingerprint density at radius 1 is 1.02 bits per heavy atom. The molecule has 2 N–H and O–H groups in total. The number of amidine groups is 1. The molecule has 0 radical (unpaired) electrons. The molecule has 0 aliphatic carbocycles. The number of sulfonamides is 1. The number of nitrogens with zero attached hydrogens (tertiary/aromatic N) is 3. The Bertz CT molecular complexity index is 1830. The number of likely N-dealkylation sites (N-methyl/N-ethyl adjacent to an activating group) is 1. The number of anilines is 2. The van der Waals surface area contributed by atoms with Crippen LogP contribution in [0.4, 0.5) is 11.4 Å². The van der Waals surface area contributed by atoms with Crippen molar-refractivity contribution in [2.45, 2.75) is 18.7 Å². The molecule has 0 unspecified atom stereocenters. The largest absolute Gasteiger partial charge is 1.00 e. The van der Waals surface area contributed by atoms with E-state index in [1.165, 1.54) is 12.1 Å². The first-order chi connectivity index (χ1) is 20.3. The number of hydrazone groups is 1. The van der Waals surface area contributed by atoms with Crippen LogP contribution in [-0.4, -0.2) is 64.9 Å². The minimum absolute atomic E-state index is 0. The van der Waals surface area contributed by atoms with Crippen LogP contribution in [0, 0.1) is 6.92 Å². The Kier molecular flexibility index (Phi) is 11.7. The fourth-order valence-corrected chi connectivity index (χ4v) is 5.34. The van der Waals surface area contributed by atoms with Gasteiger partial charge in [0.25, 0.3) is 11.8 Å². The molecule has 0 fully saturated rings. The molecule has 0 aromatic heterocycles. The minimum atomic E-state index is -4.79. The summed E-state index contributed by atoms with van der Waals surface area (Å²) in [4.78, 5) is 28.1. The molecule has 0 spiro atoms. The third-order valence-electron chi connectivity index (χ3n) is 6.54. The number of carbonyl (C=O) groups excluding carboxylic acids is 2. The van der Waals surface area contributed by atoms with Crippen LogP contribution in [0.5, 0.6) is 0 Å². The number of para-hydroxylation sites is 1. The maximum absolute atomic E-state index is 13.6. The molecule has 1 aliphatic heterocycles. The van der Waals surface area contributed by atoms with Gasteiger partial charge in [-0.15, -0.1) is 5.10 Å². The predicted octanol–water partition coefficient (Wildman–Crippen LogP) is -0.548. The van der Waals surface area contributed by atoms with Crippen molar-refractivity contribution >= 4 is 55.2 Å². The molecule has 44 heavy (non-hydrogen) atoms. The van der Waals surface area contributed by atoms with Gasteiger partial charge in [-0.05, 0) is 73.5 Å². The number of carbonyl (C=O) groups is 2. The van der Waals surface area contributed by atoms with Crippen molar-refractivity contribution in [3.05, 3.63) is 95.1 Å². The monoisotopic (exact) mass is 647 g/mol. The first kappa shape index (κ1) is 35.1. The Morgan fingerprint density at radius 2 is 1.73 bits per heavy atom. The van der Waals surface area contributed by atoms with E-state index in [2.05, 4.69) is 15.1 Å². The Balaban J connectivity index is 0.00000529. The van der Waals surface area contributed by atoms with Crippen molar-refractivity contribution in [2.75, 3.05) is 35.8 Å². The molecule has 12 nitrogen and oxygen atoms in total. The zero-order valence-corrected chi connectivity index (χ0v) is 28.3. The number of rotatable bonds is 10. The van der Waals surface area contributed by atoms with Crippen molar-refractivity contribution in [1.82, 2.24) is 10.0 Å². The zero-order valence-electron chi connectivity index (χ0n) is 24.6. The van der Waals surface area contributed by atoms with Crippen LogP contribution in [0.25, 0.3) is 6.08 Å². The van der Waals surface area contributed by atoms with Gasteiger partial charge in [-0.3, -0.25) is 9.59 Å². The number of hydrogen-bond donors (Lipinski definition) is 2. The Labute approximate surface area is 278 Å². The average Bonchev–Trinajstić information content (AvgIpc) is 3.26. The fraction of sp³-hybridized carbons (Fsp3) is 0.207. The molecular formula is C29H30N5NaO7S2. The van der Waals surface area contributed by atoms with E-state index < -0.39 is 36.9 Å². The van der Waals surface area contributed by atoms with E-state index in [-0.39, 0.29) is 53.1 Å². The molecule has 15 heteroatoms. The van der Waals surface area contributed by atoms with Gasteiger partial charge in [0.15, 0.2) is 5.84 Å². The number of aryl methyl sites for hydroxylation is 1.